The minimum Gasteiger partial charge on any atom is -0.465 e. The third-order valence-electron chi connectivity index (χ3n) is 5.14. The normalized spacial score (nSPS) is 11.4. The van der Waals surface area contributed by atoms with Crippen molar-refractivity contribution >= 4 is 49.1 Å². The first-order chi connectivity index (χ1) is 12.8. The van der Waals surface area contributed by atoms with Crippen LogP contribution in [0.4, 0.5) is 0 Å². The van der Waals surface area contributed by atoms with Gasteiger partial charge in [0.2, 0.25) is 0 Å². The number of esters is 1. The van der Waals surface area contributed by atoms with E-state index in [1.54, 1.807) is 0 Å². The molecule has 0 aliphatic heterocycles. The summed E-state index contributed by atoms with van der Waals surface area (Å²) in [4.78, 5) is 12.6. The van der Waals surface area contributed by atoms with E-state index in [9.17, 15) is 4.79 Å². The van der Waals surface area contributed by atoms with Gasteiger partial charge in [-0.3, -0.25) is 0 Å². The van der Waals surface area contributed by atoms with Gasteiger partial charge in [0, 0.05) is 5.39 Å². The minimum atomic E-state index is -0.304. The van der Waals surface area contributed by atoms with E-state index >= 15 is 0 Å². The molecular formula is C24H16O2. The molecule has 26 heavy (non-hydrogen) atoms. The van der Waals surface area contributed by atoms with Gasteiger partial charge in [-0.1, -0.05) is 72.8 Å². The zero-order chi connectivity index (χ0) is 17.7. The van der Waals surface area contributed by atoms with Crippen molar-refractivity contribution < 1.29 is 9.53 Å². The topological polar surface area (TPSA) is 26.3 Å². The number of hydrogen-bond donors (Lipinski definition) is 0. The summed E-state index contributed by atoms with van der Waals surface area (Å²) in [7, 11) is 1.44. The predicted octanol–water partition coefficient (Wildman–Crippen LogP) is 6.09. The van der Waals surface area contributed by atoms with Gasteiger partial charge in [0.15, 0.2) is 0 Å². The first kappa shape index (κ1) is 14.9. The molecule has 0 unspecified atom stereocenters. The number of carbonyl (C=O) groups excluding carboxylic acids is 1. The molecule has 0 bridgehead atoms. The molecule has 0 saturated carbocycles. The summed E-state index contributed by atoms with van der Waals surface area (Å²) in [6.07, 6.45) is 0. The minimum absolute atomic E-state index is 0.304. The number of ether oxygens (including phenoxy) is 1. The Morgan fingerprint density at radius 1 is 0.654 bits per heavy atom. The smallest absolute Gasteiger partial charge is 0.338 e. The molecule has 0 atom stereocenters. The van der Waals surface area contributed by atoms with Gasteiger partial charge in [-0.2, -0.15) is 0 Å². The van der Waals surface area contributed by atoms with Gasteiger partial charge in [-0.25, -0.2) is 4.79 Å². The Morgan fingerprint density at radius 3 is 2.12 bits per heavy atom. The van der Waals surface area contributed by atoms with Gasteiger partial charge < -0.3 is 4.74 Å². The van der Waals surface area contributed by atoms with Crippen LogP contribution in [0.5, 0.6) is 0 Å². The Hall–Kier alpha value is -3.39. The van der Waals surface area contributed by atoms with Crippen LogP contribution in [0.15, 0.2) is 78.9 Å². The average molecular weight is 336 g/mol. The van der Waals surface area contributed by atoms with Crippen molar-refractivity contribution in [3.05, 3.63) is 84.4 Å². The largest absolute Gasteiger partial charge is 0.465 e. The first-order valence-corrected chi connectivity index (χ1v) is 8.62. The molecular weight excluding hydrogens is 320 g/mol. The molecule has 0 aliphatic rings. The fourth-order valence-corrected chi connectivity index (χ4v) is 3.97. The molecule has 5 aromatic rings. The van der Waals surface area contributed by atoms with E-state index in [2.05, 4.69) is 42.5 Å². The number of benzene rings is 5. The highest BCUT2D eigenvalue weighted by Crippen LogP contribution is 2.37. The van der Waals surface area contributed by atoms with Crippen LogP contribution in [-0.2, 0) is 4.74 Å². The summed E-state index contributed by atoms with van der Waals surface area (Å²) in [5.74, 6) is -0.304. The summed E-state index contributed by atoms with van der Waals surface area (Å²) in [6, 6.07) is 26.9. The summed E-state index contributed by atoms with van der Waals surface area (Å²) in [5, 5.41) is 8.76. The molecule has 2 heteroatoms. The molecule has 0 fully saturated rings. The Kier molecular flexibility index (Phi) is 3.19. The Bertz CT molecular complexity index is 1330. The Morgan fingerprint density at radius 2 is 1.31 bits per heavy atom. The first-order valence-electron chi connectivity index (χ1n) is 8.62. The molecule has 0 radical (unpaired) electrons. The van der Waals surface area contributed by atoms with Crippen molar-refractivity contribution in [2.24, 2.45) is 0 Å². The second-order valence-corrected chi connectivity index (χ2v) is 6.51. The van der Waals surface area contributed by atoms with Crippen LogP contribution in [0.2, 0.25) is 0 Å². The van der Waals surface area contributed by atoms with Gasteiger partial charge in [0.25, 0.3) is 0 Å². The van der Waals surface area contributed by atoms with Gasteiger partial charge in [-0.05, 0) is 43.8 Å². The number of carbonyl (C=O) groups is 1. The highest BCUT2D eigenvalue weighted by molar-refractivity contribution is 6.29. The summed E-state index contributed by atoms with van der Waals surface area (Å²) >= 11 is 0. The zero-order valence-electron chi connectivity index (χ0n) is 14.3. The monoisotopic (exact) mass is 336 g/mol. The molecule has 5 aromatic carbocycles. The zero-order valence-corrected chi connectivity index (χ0v) is 14.3. The van der Waals surface area contributed by atoms with Gasteiger partial charge in [0.1, 0.15) is 0 Å². The third kappa shape index (κ3) is 2.02. The lowest BCUT2D eigenvalue weighted by Gasteiger charge is -2.14. The van der Waals surface area contributed by atoms with Crippen LogP contribution in [-0.4, -0.2) is 13.1 Å². The fraction of sp³-hybridized carbons (Fsp3) is 0.0417. The van der Waals surface area contributed by atoms with Crippen LogP contribution in [0, 0.1) is 0 Å². The van der Waals surface area contributed by atoms with Crippen molar-refractivity contribution in [2.75, 3.05) is 7.11 Å². The van der Waals surface area contributed by atoms with Crippen molar-refractivity contribution in [2.45, 2.75) is 0 Å². The van der Waals surface area contributed by atoms with E-state index in [1.807, 2.05) is 36.4 Å². The summed E-state index contributed by atoms with van der Waals surface area (Å²) in [5.41, 5.74) is 0.614. The molecule has 0 saturated heterocycles. The molecule has 2 nitrogen and oxygen atoms in total. The van der Waals surface area contributed by atoms with E-state index < -0.39 is 0 Å². The predicted molar refractivity (Wildman–Crippen MR) is 108 cm³/mol. The number of rotatable bonds is 1. The highest BCUT2D eigenvalue weighted by atomic mass is 16.5. The van der Waals surface area contributed by atoms with E-state index in [1.165, 1.54) is 7.11 Å². The van der Waals surface area contributed by atoms with E-state index in [-0.39, 0.29) is 5.97 Å². The molecule has 5 rings (SSSR count). The Labute approximate surface area is 150 Å². The van der Waals surface area contributed by atoms with Crippen LogP contribution in [0.1, 0.15) is 10.4 Å². The fourth-order valence-electron chi connectivity index (χ4n) is 3.97. The second-order valence-electron chi connectivity index (χ2n) is 6.51. The molecule has 0 aliphatic carbocycles. The standard InChI is InChI=1S/C24H16O2/c1-26-24(25)21-14-17-7-3-4-8-18(17)20-13-12-16-11-10-15-6-2-5-9-19(15)22(16)23(20)21/h2-14H,1H3. The highest BCUT2D eigenvalue weighted by Gasteiger charge is 2.17. The molecule has 124 valence electrons. The molecule has 0 amide bonds. The maximum absolute atomic E-state index is 12.6. The van der Waals surface area contributed by atoms with Crippen LogP contribution in [0.3, 0.4) is 0 Å². The van der Waals surface area contributed by atoms with Crippen LogP contribution < -0.4 is 0 Å². The molecule has 0 heterocycles. The van der Waals surface area contributed by atoms with Crippen molar-refractivity contribution in [1.29, 1.82) is 0 Å². The van der Waals surface area contributed by atoms with Crippen LogP contribution >= 0.6 is 0 Å². The third-order valence-corrected chi connectivity index (χ3v) is 5.14. The van der Waals surface area contributed by atoms with Crippen LogP contribution in [0.25, 0.3) is 43.1 Å². The second kappa shape index (κ2) is 5.57. The number of fused-ring (bicyclic) bond motifs is 7. The van der Waals surface area contributed by atoms with Crippen molar-refractivity contribution in [3.63, 3.8) is 0 Å². The van der Waals surface area contributed by atoms with Crippen molar-refractivity contribution in [1.82, 2.24) is 0 Å². The van der Waals surface area contributed by atoms with E-state index in [4.69, 9.17) is 4.74 Å². The molecule has 0 spiro atoms. The average Bonchev–Trinajstić information content (AvgIpc) is 2.71. The maximum atomic E-state index is 12.6. The maximum Gasteiger partial charge on any atom is 0.338 e. The number of methoxy groups -OCH3 is 1. The summed E-state index contributed by atoms with van der Waals surface area (Å²) in [6.45, 7) is 0. The number of hydrogen-bond acceptors (Lipinski definition) is 2. The van der Waals surface area contributed by atoms with Gasteiger partial charge >= 0.3 is 5.97 Å². The van der Waals surface area contributed by atoms with E-state index in [0.717, 1.165) is 43.1 Å². The molecule has 0 N–H and O–H groups in total. The van der Waals surface area contributed by atoms with Gasteiger partial charge in [0.05, 0.1) is 12.7 Å². The lowest BCUT2D eigenvalue weighted by atomic mass is 9.90. The SMILES string of the molecule is COC(=O)c1cc2ccccc2c2ccc3ccc4ccccc4c3c12. The van der Waals surface area contributed by atoms with E-state index in [0.29, 0.717) is 5.56 Å². The lowest BCUT2D eigenvalue weighted by Crippen LogP contribution is -2.03. The molecule has 0 aromatic heterocycles. The quantitative estimate of drug-likeness (QED) is 0.274. The van der Waals surface area contributed by atoms with Crippen molar-refractivity contribution in [3.8, 4) is 0 Å². The Balaban J connectivity index is 2.14. The summed E-state index contributed by atoms with van der Waals surface area (Å²) < 4.78 is 5.12. The van der Waals surface area contributed by atoms with Gasteiger partial charge in [-0.15, -0.1) is 0 Å². The lowest BCUT2D eigenvalue weighted by molar-refractivity contribution is 0.0603.